The van der Waals surface area contributed by atoms with Crippen molar-refractivity contribution in [1.29, 1.82) is 0 Å². The number of hydrogen-bond donors (Lipinski definition) is 2. The van der Waals surface area contributed by atoms with E-state index in [0.717, 1.165) is 11.4 Å². The van der Waals surface area contributed by atoms with Gasteiger partial charge in [0.15, 0.2) is 0 Å². The minimum atomic E-state index is -3.57. The van der Waals surface area contributed by atoms with E-state index in [-0.39, 0.29) is 4.90 Å². The normalized spacial score (nSPS) is 13.5. The third kappa shape index (κ3) is 4.13. The van der Waals surface area contributed by atoms with Gasteiger partial charge in [0.1, 0.15) is 5.76 Å². The summed E-state index contributed by atoms with van der Waals surface area (Å²) >= 11 is 1.42. The van der Waals surface area contributed by atoms with Gasteiger partial charge in [-0.3, -0.25) is 0 Å². The SMILES string of the molecule is CCNCc1cc(S(=O)(=O)NC(C)c2ncc(C)o2)cs1. The maximum Gasteiger partial charge on any atom is 0.242 e. The zero-order valence-corrected chi connectivity index (χ0v) is 13.8. The second-order valence-corrected chi connectivity index (χ2v) is 7.39. The summed E-state index contributed by atoms with van der Waals surface area (Å²) in [6.07, 6.45) is 1.57. The lowest BCUT2D eigenvalue weighted by Gasteiger charge is -2.09. The Hall–Kier alpha value is -1.22. The standard InChI is InChI=1S/C13H19N3O3S2/c1-4-14-7-11-5-12(8-20-11)21(17,18)16-10(3)13-15-6-9(2)19-13/h5-6,8,10,14,16H,4,7H2,1-3H3. The molecule has 0 aliphatic carbocycles. The molecule has 0 fully saturated rings. The average molecular weight is 329 g/mol. The zero-order chi connectivity index (χ0) is 15.5. The number of hydrogen-bond acceptors (Lipinski definition) is 6. The number of sulfonamides is 1. The van der Waals surface area contributed by atoms with Crippen LogP contribution in [0.15, 0.2) is 27.0 Å². The number of aromatic nitrogens is 1. The highest BCUT2D eigenvalue weighted by Crippen LogP contribution is 2.21. The van der Waals surface area contributed by atoms with Gasteiger partial charge in [0.25, 0.3) is 0 Å². The summed E-state index contributed by atoms with van der Waals surface area (Å²) in [5.74, 6) is 1.01. The Kier molecular flexibility index (Phi) is 5.15. The fourth-order valence-electron chi connectivity index (χ4n) is 1.77. The van der Waals surface area contributed by atoms with Crippen LogP contribution < -0.4 is 10.0 Å². The molecule has 0 saturated carbocycles. The van der Waals surface area contributed by atoms with Gasteiger partial charge in [-0.2, -0.15) is 4.72 Å². The Morgan fingerprint density at radius 1 is 1.48 bits per heavy atom. The molecule has 8 heteroatoms. The molecule has 2 aromatic heterocycles. The summed E-state index contributed by atoms with van der Waals surface area (Å²) in [4.78, 5) is 5.30. The number of nitrogens with zero attached hydrogens (tertiary/aromatic N) is 1. The zero-order valence-electron chi connectivity index (χ0n) is 12.2. The Balaban J connectivity index is 2.09. The summed E-state index contributed by atoms with van der Waals surface area (Å²) < 4.78 is 32.5. The van der Waals surface area contributed by atoms with Crippen molar-refractivity contribution in [1.82, 2.24) is 15.0 Å². The quantitative estimate of drug-likeness (QED) is 0.813. The average Bonchev–Trinajstić information content (AvgIpc) is 3.05. The van der Waals surface area contributed by atoms with Gasteiger partial charge < -0.3 is 9.73 Å². The molecule has 1 unspecified atom stereocenters. The van der Waals surface area contributed by atoms with Crippen molar-refractivity contribution in [3.8, 4) is 0 Å². The molecule has 21 heavy (non-hydrogen) atoms. The molecule has 0 aliphatic rings. The highest BCUT2D eigenvalue weighted by molar-refractivity contribution is 7.89. The van der Waals surface area contributed by atoms with Crippen LogP contribution in [0.4, 0.5) is 0 Å². The molecule has 2 aromatic rings. The van der Waals surface area contributed by atoms with Crippen LogP contribution >= 0.6 is 11.3 Å². The van der Waals surface area contributed by atoms with Gasteiger partial charge in [-0.05, 0) is 26.5 Å². The highest BCUT2D eigenvalue weighted by atomic mass is 32.2. The van der Waals surface area contributed by atoms with Gasteiger partial charge in [-0.25, -0.2) is 13.4 Å². The van der Waals surface area contributed by atoms with Crippen molar-refractivity contribution in [3.63, 3.8) is 0 Å². The Morgan fingerprint density at radius 3 is 2.86 bits per heavy atom. The Morgan fingerprint density at radius 2 is 2.24 bits per heavy atom. The molecule has 2 heterocycles. The monoisotopic (exact) mass is 329 g/mol. The maximum absolute atomic E-state index is 12.3. The Labute approximate surface area is 128 Å². The van der Waals surface area contributed by atoms with E-state index in [1.807, 2.05) is 6.92 Å². The maximum atomic E-state index is 12.3. The molecule has 0 amide bonds. The van der Waals surface area contributed by atoms with E-state index in [9.17, 15) is 8.42 Å². The van der Waals surface area contributed by atoms with E-state index in [2.05, 4.69) is 15.0 Å². The van der Waals surface area contributed by atoms with Crippen molar-refractivity contribution in [3.05, 3.63) is 34.2 Å². The van der Waals surface area contributed by atoms with Crippen molar-refractivity contribution < 1.29 is 12.8 Å². The van der Waals surface area contributed by atoms with Crippen LogP contribution in [0.25, 0.3) is 0 Å². The molecule has 0 saturated heterocycles. The number of rotatable bonds is 7. The largest absolute Gasteiger partial charge is 0.444 e. The second kappa shape index (κ2) is 6.69. The summed E-state index contributed by atoms with van der Waals surface area (Å²) in [7, 11) is -3.57. The van der Waals surface area contributed by atoms with Gasteiger partial charge in [0, 0.05) is 16.8 Å². The molecule has 0 aromatic carbocycles. The minimum Gasteiger partial charge on any atom is -0.444 e. The predicted octanol–water partition coefficient (Wildman–Crippen LogP) is 2.19. The molecule has 0 bridgehead atoms. The molecular formula is C13H19N3O3S2. The molecule has 0 spiro atoms. The lowest BCUT2D eigenvalue weighted by atomic mass is 10.4. The number of aryl methyl sites for hydroxylation is 1. The highest BCUT2D eigenvalue weighted by Gasteiger charge is 2.22. The van der Waals surface area contributed by atoms with Crippen LogP contribution in [0.5, 0.6) is 0 Å². The molecule has 2 rings (SSSR count). The van der Waals surface area contributed by atoms with Gasteiger partial charge >= 0.3 is 0 Å². The van der Waals surface area contributed by atoms with Crippen LogP contribution in [0, 0.1) is 6.92 Å². The first-order valence-corrected chi connectivity index (χ1v) is 9.01. The summed E-state index contributed by atoms with van der Waals surface area (Å²) in [5.41, 5.74) is 0. The number of thiophene rings is 1. The lowest BCUT2D eigenvalue weighted by molar-refractivity contribution is 0.428. The van der Waals surface area contributed by atoms with Crippen LogP contribution in [0.1, 0.15) is 36.4 Å². The van der Waals surface area contributed by atoms with Gasteiger partial charge in [-0.1, -0.05) is 6.92 Å². The van der Waals surface area contributed by atoms with Gasteiger partial charge in [-0.15, -0.1) is 11.3 Å². The van der Waals surface area contributed by atoms with Crippen molar-refractivity contribution >= 4 is 21.4 Å². The third-order valence-electron chi connectivity index (χ3n) is 2.83. The number of nitrogens with one attached hydrogen (secondary N) is 2. The van der Waals surface area contributed by atoms with E-state index < -0.39 is 16.1 Å². The van der Waals surface area contributed by atoms with E-state index in [1.165, 1.54) is 11.3 Å². The van der Waals surface area contributed by atoms with E-state index in [0.29, 0.717) is 18.2 Å². The topological polar surface area (TPSA) is 84.2 Å². The summed E-state index contributed by atoms with van der Waals surface area (Å²) in [6.45, 7) is 7.00. The second-order valence-electron chi connectivity index (χ2n) is 4.68. The lowest BCUT2D eigenvalue weighted by Crippen LogP contribution is -2.26. The van der Waals surface area contributed by atoms with E-state index in [4.69, 9.17) is 4.42 Å². The van der Waals surface area contributed by atoms with Crippen molar-refractivity contribution in [2.75, 3.05) is 6.54 Å². The smallest absolute Gasteiger partial charge is 0.242 e. The first kappa shape index (κ1) is 16.2. The molecular weight excluding hydrogens is 310 g/mol. The molecule has 0 radical (unpaired) electrons. The molecule has 6 nitrogen and oxygen atoms in total. The van der Waals surface area contributed by atoms with E-state index >= 15 is 0 Å². The van der Waals surface area contributed by atoms with Crippen molar-refractivity contribution in [2.24, 2.45) is 0 Å². The van der Waals surface area contributed by atoms with Crippen molar-refractivity contribution in [2.45, 2.75) is 38.3 Å². The first-order valence-electron chi connectivity index (χ1n) is 6.65. The first-order chi connectivity index (χ1) is 9.92. The molecule has 1 atom stereocenters. The molecule has 0 aliphatic heterocycles. The molecule has 116 valence electrons. The van der Waals surface area contributed by atoms with Crippen LogP contribution in [0.3, 0.4) is 0 Å². The summed E-state index contributed by atoms with van der Waals surface area (Å²) in [5, 5.41) is 4.81. The minimum absolute atomic E-state index is 0.274. The Bertz CT molecular complexity index is 691. The van der Waals surface area contributed by atoms with Crippen LogP contribution in [-0.4, -0.2) is 19.9 Å². The fraction of sp³-hybridized carbons (Fsp3) is 0.462. The van der Waals surface area contributed by atoms with Gasteiger partial charge in [0.2, 0.25) is 15.9 Å². The predicted molar refractivity (Wildman–Crippen MR) is 81.7 cm³/mol. The van der Waals surface area contributed by atoms with E-state index in [1.54, 1.807) is 31.5 Å². The van der Waals surface area contributed by atoms with Gasteiger partial charge in [0.05, 0.1) is 17.1 Å². The molecule has 2 N–H and O–H groups in total. The van der Waals surface area contributed by atoms with Crippen LogP contribution in [-0.2, 0) is 16.6 Å². The summed E-state index contributed by atoms with van der Waals surface area (Å²) in [6, 6.07) is 1.17. The third-order valence-corrected chi connectivity index (χ3v) is 5.44. The fourth-order valence-corrected chi connectivity index (χ4v) is 4.21. The number of oxazole rings is 1. The van der Waals surface area contributed by atoms with Crippen LogP contribution in [0.2, 0.25) is 0 Å².